The molecule has 2 aliphatic rings. The molecule has 1 saturated carbocycles. The van der Waals surface area contributed by atoms with Gasteiger partial charge in [-0.25, -0.2) is 4.39 Å². The van der Waals surface area contributed by atoms with Crippen molar-refractivity contribution in [3.8, 4) is 5.75 Å². The maximum Gasteiger partial charge on any atom is 0.233 e. The van der Waals surface area contributed by atoms with Crippen LogP contribution in [0.4, 0.5) is 27.9 Å². The summed E-state index contributed by atoms with van der Waals surface area (Å²) in [6, 6.07) is 4.81. The van der Waals surface area contributed by atoms with Gasteiger partial charge >= 0.3 is 0 Å². The quantitative estimate of drug-likeness (QED) is 0.209. The molecule has 2 aromatic rings. The van der Waals surface area contributed by atoms with E-state index in [4.69, 9.17) is 0 Å². The van der Waals surface area contributed by atoms with Gasteiger partial charge < -0.3 is 50.8 Å². The van der Waals surface area contributed by atoms with Crippen LogP contribution in [0.15, 0.2) is 18.2 Å². The lowest BCUT2D eigenvalue weighted by molar-refractivity contribution is -0.884. The Morgan fingerprint density at radius 3 is 1.97 bits per heavy atom. The summed E-state index contributed by atoms with van der Waals surface area (Å²) in [4.78, 5) is 15.2. The van der Waals surface area contributed by atoms with Crippen LogP contribution in [0.2, 0.25) is 0 Å². The van der Waals surface area contributed by atoms with Crippen LogP contribution < -0.4 is 45.7 Å². The van der Waals surface area contributed by atoms with Gasteiger partial charge in [0.2, 0.25) is 17.8 Å². The second-order valence-electron chi connectivity index (χ2n) is 8.81. The first-order chi connectivity index (χ1) is 15.0. The van der Waals surface area contributed by atoms with Crippen molar-refractivity contribution in [2.24, 2.45) is 0 Å². The molecule has 1 aliphatic carbocycles. The number of quaternary nitrogens is 1. The Morgan fingerprint density at radius 2 is 1.39 bits per heavy atom. The van der Waals surface area contributed by atoms with Crippen LogP contribution in [0.1, 0.15) is 51.4 Å². The Morgan fingerprint density at radius 1 is 0.848 bits per heavy atom. The van der Waals surface area contributed by atoms with Crippen LogP contribution in [0.3, 0.4) is 0 Å². The van der Waals surface area contributed by atoms with Crippen LogP contribution in [-0.2, 0) is 0 Å². The van der Waals surface area contributed by atoms with Crippen molar-refractivity contribution in [1.29, 1.82) is 0 Å². The Kier molecular flexibility index (Phi) is 10.7. The number of hydrogen-bond donors (Lipinski definition) is 5. The highest BCUT2D eigenvalue weighted by molar-refractivity contribution is 5.57. The number of piperidine rings is 1. The molecule has 1 aliphatic heterocycles. The summed E-state index contributed by atoms with van der Waals surface area (Å²) >= 11 is 0. The Labute approximate surface area is 207 Å². The molecule has 0 bridgehead atoms. The number of likely N-dealkylation sites (tertiary alicyclic amines) is 1. The number of rotatable bonds is 6. The van der Waals surface area contributed by atoms with Gasteiger partial charge in [-0.15, -0.1) is 0 Å². The Hall–Kier alpha value is -2.10. The largest absolute Gasteiger partial charge is 1.00 e. The molecule has 2 heterocycles. The monoisotopic (exact) mass is 500 g/mol. The first kappa shape index (κ1) is 27.1. The number of aromatic hydroxyl groups is 1. The number of phenolic OH excluding ortho intramolecular Hbond substituents is 1. The molecule has 33 heavy (non-hydrogen) atoms. The predicted molar refractivity (Wildman–Crippen MR) is 120 cm³/mol. The first-order valence-corrected chi connectivity index (χ1v) is 11.4. The normalized spacial score (nSPS) is 21.2. The van der Waals surface area contributed by atoms with E-state index in [1.54, 1.807) is 11.0 Å². The molecule has 0 unspecified atom stereocenters. The molecule has 184 valence electrons. The second kappa shape index (κ2) is 13.0. The van der Waals surface area contributed by atoms with Crippen LogP contribution in [-0.4, -0.2) is 52.3 Å². The molecule has 11 heteroatoms. The van der Waals surface area contributed by atoms with Crippen molar-refractivity contribution < 1.29 is 39.2 Å². The van der Waals surface area contributed by atoms with Gasteiger partial charge in [0.15, 0.2) is 11.6 Å². The summed E-state index contributed by atoms with van der Waals surface area (Å²) in [6.07, 6.45) is 9.33. The van der Waals surface area contributed by atoms with E-state index < -0.39 is 5.82 Å². The molecule has 0 atom stereocenters. The van der Waals surface area contributed by atoms with Crippen molar-refractivity contribution in [3.63, 3.8) is 0 Å². The van der Waals surface area contributed by atoms with E-state index in [-0.39, 0.29) is 30.6 Å². The molecule has 1 aromatic heterocycles. The van der Waals surface area contributed by atoms with Gasteiger partial charge in [0.05, 0.1) is 20.1 Å². The second-order valence-corrected chi connectivity index (χ2v) is 8.81. The molecule has 4 rings (SSSR count). The standard InChI is InChI=1S/C22H32FN7O.2ClH/c1-30-12-10-16(11-13-30)25-21-27-20(24-15-6-4-2-3-5-7-15)28-22(29-21)26-17-8-9-19(31)18(23)14-17;;/h8-9,14-16,31H,2-7,10-13H2,1H3,(H3,24,25,26,27,28,29);2*1H/p-1. The molecule has 0 amide bonds. The maximum atomic E-state index is 13.8. The van der Waals surface area contributed by atoms with E-state index in [2.05, 4.69) is 37.9 Å². The van der Waals surface area contributed by atoms with E-state index >= 15 is 0 Å². The lowest BCUT2D eigenvalue weighted by Crippen LogP contribution is -3.10. The SMILES string of the molecule is C[NH+]1CCC(Nc2nc(Nc3ccc(O)c(F)c3)nc(NC3CCCCCC3)n2)CC1.[Cl-].[Cl-]. The number of hydrogen-bond acceptors (Lipinski definition) is 7. The summed E-state index contributed by atoms with van der Waals surface area (Å²) in [6.45, 7) is 2.24. The smallest absolute Gasteiger partial charge is 0.233 e. The zero-order valence-electron chi connectivity index (χ0n) is 18.9. The van der Waals surface area contributed by atoms with Crippen molar-refractivity contribution in [2.45, 2.75) is 63.5 Å². The van der Waals surface area contributed by atoms with Gasteiger partial charge in [0.1, 0.15) is 0 Å². The van der Waals surface area contributed by atoms with Gasteiger partial charge in [0.25, 0.3) is 0 Å². The fraction of sp³-hybridized carbons (Fsp3) is 0.591. The summed E-state index contributed by atoms with van der Waals surface area (Å²) in [5, 5.41) is 19.4. The van der Waals surface area contributed by atoms with Crippen LogP contribution in [0.5, 0.6) is 5.75 Å². The minimum absolute atomic E-state index is 0. The lowest BCUT2D eigenvalue weighted by Gasteiger charge is -2.27. The fourth-order valence-corrected chi connectivity index (χ4v) is 4.32. The highest BCUT2D eigenvalue weighted by atomic mass is 35.5. The summed E-state index contributed by atoms with van der Waals surface area (Å²) in [7, 11) is 2.22. The average molecular weight is 501 g/mol. The van der Waals surface area contributed by atoms with Crippen molar-refractivity contribution >= 4 is 23.5 Å². The third-order valence-electron chi connectivity index (χ3n) is 6.20. The number of aromatic nitrogens is 3. The molecule has 5 N–H and O–H groups in total. The van der Waals surface area contributed by atoms with Gasteiger partial charge in [-0.3, -0.25) is 0 Å². The summed E-state index contributed by atoms with van der Waals surface area (Å²) < 4.78 is 13.8. The third kappa shape index (κ3) is 8.01. The van der Waals surface area contributed by atoms with E-state index in [1.807, 2.05) is 0 Å². The van der Waals surface area contributed by atoms with Crippen LogP contribution in [0.25, 0.3) is 0 Å². The number of nitrogens with zero attached hydrogens (tertiary/aromatic N) is 3. The van der Waals surface area contributed by atoms with Crippen molar-refractivity contribution in [3.05, 3.63) is 24.0 Å². The molecule has 1 saturated heterocycles. The number of phenols is 1. The molecule has 1 aromatic carbocycles. The molecule has 0 spiro atoms. The highest BCUT2D eigenvalue weighted by Crippen LogP contribution is 2.24. The third-order valence-corrected chi connectivity index (χ3v) is 6.20. The van der Waals surface area contributed by atoms with Crippen molar-refractivity contribution in [1.82, 2.24) is 15.0 Å². The highest BCUT2D eigenvalue weighted by Gasteiger charge is 2.21. The van der Waals surface area contributed by atoms with E-state index in [1.165, 1.54) is 37.8 Å². The van der Waals surface area contributed by atoms with Gasteiger partial charge in [0, 0.05) is 36.7 Å². The van der Waals surface area contributed by atoms with Gasteiger partial charge in [-0.05, 0) is 25.0 Å². The predicted octanol–water partition coefficient (Wildman–Crippen LogP) is -3.31. The zero-order valence-corrected chi connectivity index (χ0v) is 20.4. The molecular formula is C22H33Cl2FN7O-. The number of anilines is 4. The van der Waals surface area contributed by atoms with Gasteiger partial charge in [-0.2, -0.15) is 15.0 Å². The molecule has 2 fully saturated rings. The fourth-order valence-electron chi connectivity index (χ4n) is 4.32. The average Bonchev–Trinajstić information content (AvgIpc) is 3.01. The summed E-state index contributed by atoms with van der Waals surface area (Å²) in [5.41, 5.74) is 0.468. The number of nitrogens with one attached hydrogen (secondary N) is 4. The molecular weight excluding hydrogens is 468 g/mol. The van der Waals surface area contributed by atoms with Crippen LogP contribution in [0, 0.1) is 5.82 Å². The number of benzene rings is 1. The van der Waals surface area contributed by atoms with E-state index in [0.29, 0.717) is 35.6 Å². The van der Waals surface area contributed by atoms with E-state index in [0.717, 1.165) is 38.8 Å². The minimum Gasteiger partial charge on any atom is -1.00 e. The maximum absolute atomic E-state index is 13.8. The number of halogens is 3. The van der Waals surface area contributed by atoms with Crippen LogP contribution >= 0.6 is 0 Å². The lowest BCUT2D eigenvalue weighted by atomic mass is 10.1. The summed E-state index contributed by atoms with van der Waals surface area (Å²) in [5.74, 6) is 0.325. The molecule has 8 nitrogen and oxygen atoms in total. The minimum atomic E-state index is -0.692. The Balaban J connectivity index is 0.00000193. The van der Waals surface area contributed by atoms with E-state index in [9.17, 15) is 9.50 Å². The topological polar surface area (TPSA) is 99.4 Å². The Bertz CT molecular complexity index is 876. The zero-order chi connectivity index (χ0) is 21.6. The molecule has 0 radical (unpaired) electrons. The van der Waals surface area contributed by atoms with Gasteiger partial charge in [-0.1, -0.05) is 25.7 Å². The van der Waals surface area contributed by atoms with Crippen molar-refractivity contribution in [2.75, 3.05) is 36.1 Å². The first-order valence-electron chi connectivity index (χ1n) is 11.4.